The quantitative estimate of drug-likeness (QED) is 0.621. The lowest BCUT2D eigenvalue weighted by Gasteiger charge is -2.11. The van der Waals surface area contributed by atoms with E-state index in [2.05, 4.69) is 9.71 Å². The number of hydrogen-bond acceptors (Lipinski definition) is 6. The van der Waals surface area contributed by atoms with Gasteiger partial charge < -0.3 is 9.84 Å². The molecule has 1 heterocycles. The van der Waals surface area contributed by atoms with Gasteiger partial charge in [0.2, 0.25) is 0 Å². The zero-order chi connectivity index (χ0) is 19.4. The third-order valence-electron chi connectivity index (χ3n) is 3.43. The normalized spacial score (nSPS) is 11.1. The minimum absolute atomic E-state index is 0.215. The monoisotopic (exact) mass is 408 g/mol. The number of sulfonamides is 1. The maximum atomic E-state index is 13.5. The van der Waals surface area contributed by atoms with E-state index in [4.69, 9.17) is 9.84 Å². The summed E-state index contributed by atoms with van der Waals surface area (Å²) in [4.78, 5) is 14.7. The lowest BCUT2D eigenvalue weighted by molar-refractivity contribution is 0.0691. The van der Waals surface area contributed by atoms with Crippen molar-refractivity contribution in [2.75, 3.05) is 4.72 Å². The molecule has 27 heavy (non-hydrogen) atoms. The van der Waals surface area contributed by atoms with Crippen LogP contribution in [0.3, 0.4) is 0 Å². The highest BCUT2D eigenvalue weighted by Crippen LogP contribution is 2.23. The number of carboxylic acids is 1. The number of anilines is 1. The van der Waals surface area contributed by atoms with Crippen LogP contribution in [0.4, 0.5) is 10.1 Å². The van der Waals surface area contributed by atoms with Gasteiger partial charge in [0, 0.05) is 11.4 Å². The van der Waals surface area contributed by atoms with Crippen molar-refractivity contribution in [3.8, 4) is 5.75 Å². The molecule has 0 fully saturated rings. The average molecular weight is 408 g/mol. The second-order valence-electron chi connectivity index (χ2n) is 5.35. The Balaban J connectivity index is 1.78. The van der Waals surface area contributed by atoms with Gasteiger partial charge in [-0.05, 0) is 30.3 Å². The number of carbonyl (C=O) groups is 1. The summed E-state index contributed by atoms with van der Waals surface area (Å²) in [5.41, 5.74) is 1.92. The maximum Gasteiger partial charge on any atom is 0.338 e. The van der Waals surface area contributed by atoms with E-state index < -0.39 is 27.4 Å². The van der Waals surface area contributed by atoms with Crippen LogP contribution < -0.4 is 9.46 Å². The van der Waals surface area contributed by atoms with Crippen molar-refractivity contribution in [3.63, 3.8) is 0 Å². The van der Waals surface area contributed by atoms with Crippen LogP contribution in [-0.4, -0.2) is 24.5 Å². The van der Waals surface area contributed by atoms with Crippen molar-refractivity contribution in [3.05, 3.63) is 70.4 Å². The first-order valence-corrected chi connectivity index (χ1v) is 9.93. The van der Waals surface area contributed by atoms with Gasteiger partial charge in [-0.25, -0.2) is 22.6 Å². The highest BCUT2D eigenvalue weighted by molar-refractivity contribution is 7.92. The molecule has 0 aliphatic heterocycles. The fourth-order valence-corrected chi connectivity index (χ4v) is 3.78. The number of benzene rings is 2. The van der Waals surface area contributed by atoms with Gasteiger partial charge in [0.25, 0.3) is 10.0 Å². The largest absolute Gasteiger partial charge is 0.487 e. The second kappa shape index (κ2) is 7.72. The highest BCUT2D eigenvalue weighted by atomic mass is 32.2. The molecule has 7 nitrogen and oxygen atoms in total. The number of hydrogen-bond donors (Lipinski definition) is 2. The molecule has 1 aromatic heterocycles. The number of ether oxygens (including phenoxy) is 1. The van der Waals surface area contributed by atoms with E-state index in [-0.39, 0.29) is 17.2 Å². The average Bonchev–Trinajstić information content (AvgIpc) is 3.13. The number of nitrogens with one attached hydrogen (secondary N) is 1. The zero-order valence-corrected chi connectivity index (χ0v) is 15.3. The summed E-state index contributed by atoms with van der Waals surface area (Å²) < 4.78 is 46.3. The molecule has 2 aromatic carbocycles. The van der Waals surface area contributed by atoms with Gasteiger partial charge >= 0.3 is 5.97 Å². The van der Waals surface area contributed by atoms with Crippen LogP contribution in [0.5, 0.6) is 5.75 Å². The van der Waals surface area contributed by atoms with Crippen LogP contribution in [0.15, 0.2) is 58.3 Å². The molecule has 3 aromatic rings. The zero-order valence-electron chi connectivity index (χ0n) is 13.6. The van der Waals surface area contributed by atoms with Crippen molar-refractivity contribution in [2.24, 2.45) is 0 Å². The van der Waals surface area contributed by atoms with Crippen LogP contribution in [0.1, 0.15) is 16.1 Å². The second-order valence-corrected chi connectivity index (χ2v) is 7.75. The molecule has 0 aliphatic carbocycles. The van der Waals surface area contributed by atoms with E-state index in [0.29, 0.717) is 5.75 Å². The third kappa shape index (κ3) is 4.60. The maximum absolute atomic E-state index is 13.5. The molecule has 0 amide bonds. The number of aromatic carboxylic acids is 1. The SMILES string of the molecule is O=C(O)c1cc(S(=O)(=O)Nc2cccc(OCc3cscn3)c2)ccc1F. The number of thiazole rings is 1. The first-order valence-electron chi connectivity index (χ1n) is 7.51. The highest BCUT2D eigenvalue weighted by Gasteiger charge is 2.19. The molecule has 0 spiro atoms. The standard InChI is InChI=1S/C17H13FN2O5S2/c18-16-5-4-14(7-15(16)17(21)22)27(23,24)20-11-2-1-3-13(6-11)25-8-12-9-26-10-19-12/h1-7,9-10,20H,8H2,(H,21,22). The molecule has 0 aliphatic rings. The molecule has 140 valence electrons. The van der Waals surface area contributed by atoms with E-state index in [0.717, 1.165) is 23.9 Å². The van der Waals surface area contributed by atoms with Crippen molar-refractivity contribution < 1.29 is 27.4 Å². The predicted molar refractivity (Wildman–Crippen MR) is 97.1 cm³/mol. The number of halogens is 1. The minimum atomic E-state index is -4.11. The topological polar surface area (TPSA) is 106 Å². The Morgan fingerprint density at radius 1 is 1.26 bits per heavy atom. The Morgan fingerprint density at radius 2 is 2.07 bits per heavy atom. The van der Waals surface area contributed by atoms with Crippen LogP contribution in [-0.2, 0) is 16.6 Å². The summed E-state index contributed by atoms with van der Waals surface area (Å²) in [6.45, 7) is 0.236. The molecule has 0 saturated carbocycles. The number of nitrogens with zero attached hydrogens (tertiary/aromatic N) is 1. The van der Waals surface area contributed by atoms with Crippen LogP contribution >= 0.6 is 11.3 Å². The fraction of sp³-hybridized carbons (Fsp3) is 0.0588. The van der Waals surface area contributed by atoms with Crippen LogP contribution in [0.25, 0.3) is 0 Å². The van der Waals surface area contributed by atoms with Gasteiger partial charge in [0.15, 0.2) is 0 Å². The Labute approximate surface area is 158 Å². The summed E-state index contributed by atoms with van der Waals surface area (Å²) in [5.74, 6) is -2.14. The molecule has 0 atom stereocenters. The van der Waals surface area contributed by atoms with Crippen molar-refractivity contribution in [1.29, 1.82) is 0 Å². The lowest BCUT2D eigenvalue weighted by Crippen LogP contribution is -2.14. The van der Waals surface area contributed by atoms with Gasteiger partial charge in [0.05, 0.1) is 27.4 Å². The summed E-state index contributed by atoms with van der Waals surface area (Å²) in [5, 5.41) is 10.8. The van der Waals surface area contributed by atoms with E-state index in [1.54, 1.807) is 17.6 Å². The lowest BCUT2D eigenvalue weighted by atomic mass is 10.2. The molecule has 3 rings (SSSR count). The summed E-state index contributed by atoms with van der Waals surface area (Å²) >= 11 is 1.44. The summed E-state index contributed by atoms with van der Waals surface area (Å²) in [7, 11) is -4.11. The van der Waals surface area contributed by atoms with Crippen molar-refractivity contribution in [2.45, 2.75) is 11.5 Å². The Hall–Kier alpha value is -2.98. The molecular weight excluding hydrogens is 395 g/mol. The third-order valence-corrected chi connectivity index (χ3v) is 5.45. The smallest absolute Gasteiger partial charge is 0.338 e. The summed E-state index contributed by atoms with van der Waals surface area (Å²) in [6, 6.07) is 8.80. The van der Waals surface area contributed by atoms with Crippen LogP contribution in [0, 0.1) is 5.82 Å². The van der Waals surface area contributed by atoms with E-state index in [1.165, 1.54) is 23.5 Å². The molecule has 0 bridgehead atoms. The Morgan fingerprint density at radius 3 is 2.78 bits per heavy atom. The number of aromatic nitrogens is 1. The van der Waals surface area contributed by atoms with Crippen molar-refractivity contribution in [1.82, 2.24) is 4.98 Å². The fourth-order valence-electron chi connectivity index (χ4n) is 2.16. The minimum Gasteiger partial charge on any atom is -0.487 e. The molecule has 2 N–H and O–H groups in total. The molecule has 10 heteroatoms. The van der Waals surface area contributed by atoms with E-state index in [1.807, 2.05) is 5.38 Å². The molecular formula is C17H13FN2O5S2. The van der Waals surface area contributed by atoms with Gasteiger partial charge in [-0.15, -0.1) is 11.3 Å². The Bertz CT molecular complexity index is 1070. The number of carboxylic acid groups (broad SMARTS) is 1. The van der Waals surface area contributed by atoms with Gasteiger partial charge in [0.1, 0.15) is 18.2 Å². The predicted octanol–water partition coefficient (Wildman–Crippen LogP) is 3.36. The first-order chi connectivity index (χ1) is 12.8. The van der Waals surface area contributed by atoms with Gasteiger partial charge in [-0.1, -0.05) is 6.07 Å². The first kappa shape index (κ1) is 18.8. The molecule has 0 radical (unpaired) electrons. The van der Waals surface area contributed by atoms with E-state index >= 15 is 0 Å². The molecule has 0 unspecified atom stereocenters. The van der Waals surface area contributed by atoms with Crippen LogP contribution in [0.2, 0.25) is 0 Å². The van der Waals surface area contributed by atoms with E-state index in [9.17, 15) is 17.6 Å². The van der Waals surface area contributed by atoms with Gasteiger partial charge in [-0.3, -0.25) is 4.72 Å². The number of rotatable bonds is 7. The molecule has 0 saturated heterocycles. The summed E-state index contributed by atoms with van der Waals surface area (Å²) in [6.07, 6.45) is 0. The Kier molecular flexibility index (Phi) is 5.38. The van der Waals surface area contributed by atoms with Crippen molar-refractivity contribution >= 4 is 33.0 Å². The van der Waals surface area contributed by atoms with Gasteiger partial charge in [-0.2, -0.15) is 0 Å².